The molecule has 33 heavy (non-hydrogen) atoms. The second-order valence-electron chi connectivity index (χ2n) is 7.98. The maximum absolute atomic E-state index is 12.2. The lowest BCUT2D eigenvalue weighted by Crippen LogP contribution is -2.50. The Bertz CT molecular complexity index is 928. The van der Waals surface area contributed by atoms with Crippen LogP contribution < -0.4 is 14.8 Å². The van der Waals surface area contributed by atoms with Gasteiger partial charge in [-0.15, -0.1) is 0 Å². The minimum atomic E-state index is -0.369. The monoisotopic (exact) mass is 455 g/mol. The first-order valence-electron chi connectivity index (χ1n) is 11.2. The van der Waals surface area contributed by atoms with Crippen LogP contribution in [0.2, 0.25) is 0 Å². The highest BCUT2D eigenvalue weighted by Crippen LogP contribution is 2.20. The van der Waals surface area contributed by atoms with Gasteiger partial charge in [0.15, 0.2) is 0 Å². The van der Waals surface area contributed by atoms with Gasteiger partial charge in [0.2, 0.25) is 5.91 Å². The van der Waals surface area contributed by atoms with E-state index in [0.717, 1.165) is 22.6 Å². The van der Waals surface area contributed by atoms with Crippen molar-refractivity contribution < 1.29 is 23.8 Å². The molecule has 2 amide bonds. The van der Waals surface area contributed by atoms with Crippen molar-refractivity contribution in [2.24, 2.45) is 0 Å². The Balaban J connectivity index is 1.38. The van der Waals surface area contributed by atoms with Gasteiger partial charge in [0, 0.05) is 45.7 Å². The summed E-state index contributed by atoms with van der Waals surface area (Å²) in [6, 6.07) is 16.0. The second-order valence-corrected chi connectivity index (χ2v) is 7.98. The van der Waals surface area contributed by atoms with E-state index in [0.29, 0.717) is 32.7 Å². The Morgan fingerprint density at radius 1 is 0.970 bits per heavy atom. The smallest absolute Gasteiger partial charge is 0.410 e. The standard InChI is InChI=1S/C25H33N3O5/c1-19(22-7-5-8-23(17-22)31-3)26-18-21-6-4-9-24(16-21)32-14-15-33-25(30)28-12-10-27(11-13-28)20(2)29/h4-9,16-17,19,26H,10-15,18H2,1-3H3/t19-/m0/s1. The molecule has 1 heterocycles. The number of rotatable bonds is 9. The highest BCUT2D eigenvalue weighted by Gasteiger charge is 2.23. The molecular weight excluding hydrogens is 422 g/mol. The fourth-order valence-electron chi connectivity index (χ4n) is 3.63. The van der Waals surface area contributed by atoms with Crippen LogP contribution >= 0.6 is 0 Å². The van der Waals surface area contributed by atoms with E-state index in [9.17, 15) is 9.59 Å². The zero-order chi connectivity index (χ0) is 23.6. The molecule has 2 aromatic rings. The summed E-state index contributed by atoms with van der Waals surface area (Å²) >= 11 is 0. The molecule has 8 heteroatoms. The molecule has 0 radical (unpaired) electrons. The molecule has 3 rings (SSSR count). The van der Waals surface area contributed by atoms with Gasteiger partial charge in [-0.2, -0.15) is 0 Å². The summed E-state index contributed by atoms with van der Waals surface area (Å²) in [6.07, 6.45) is -0.369. The Kier molecular flexibility index (Phi) is 8.95. The van der Waals surface area contributed by atoms with Gasteiger partial charge in [-0.1, -0.05) is 24.3 Å². The third-order valence-electron chi connectivity index (χ3n) is 5.67. The molecule has 178 valence electrons. The average Bonchev–Trinajstić information content (AvgIpc) is 2.85. The van der Waals surface area contributed by atoms with Crippen LogP contribution in [0.1, 0.15) is 31.0 Å². The quantitative estimate of drug-likeness (QED) is 0.585. The average molecular weight is 456 g/mol. The van der Waals surface area contributed by atoms with Crippen LogP contribution in [0.5, 0.6) is 11.5 Å². The van der Waals surface area contributed by atoms with E-state index in [2.05, 4.69) is 18.3 Å². The van der Waals surface area contributed by atoms with Crippen molar-refractivity contribution in [2.45, 2.75) is 26.4 Å². The third-order valence-corrected chi connectivity index (χ3v) is 5.67. The van der Waals surface area contributed by atoms with Crippen molar-refractivity contribution in [3.8, 4) is 11.5 Å². The molecule has 0 saturated carbocycles. The van der Waals surface area contributed by atoms with Gasteiger partial charge in [-0.3, -0.25) is 4.79 Å². The first kappa shape index (κ1) is 24.4. The Hall–Kier alpha value is -3.26. The van der Waals surface area contributed by atoms with Crippen molar-refractivity contribution >= 4 is 12.0 Å². The first-order valence-corrected chi connectivity index (χ1v) is 11.2. The van der Waals surface area contributed by atoms with E-state index in [1.54, 1.807) is 16.9 Å². The number of ether oxygens (including phenoxy) is 3. The lowest BCUT2D eigenvalue weighted by molar-refractivity contribution is -0.130. The van der Waals surface area contributed by atoms with Crippen molar-refractivity contribution in [1.29, 1.82) is 0 Å². The Morgan fingerprint density at radius 2 is 1.67 bits per heavy atom. The van der Waals surface area contributed by atoms with Gasteiger partial charge in [0.05, 0.1) is 7.11 Å². The molecule has 0 bridgehead atoms. The molecule has 0 spiro atoms. The van der Waals surface area contributed by atoms with E-state index < -0.39 is 0 Å². The molecule has 1 atom stereocenters. The molecular formula is C25H33N3O5. The maximum atomic E-state index is 12.2. The summed E-state index contributed by atoms with van der Waals surface area (Å²) in [7, 11) is 1.67. The number of piperazine rings is 1. The van der Waals surface area contributed by atoms with Gasteiger partial charge in [-0.25, -0.2) is 4.79 Å². The van der Waals surface area contributed by atoms with Gasteiger partial charge in [0.25, 0.3) is 0 Å². The lowest BCUT2D eigenvalue weighted by Gasteiger charge is -2.33. The van der Waals surface area contributed by atoms with Gasteiger partial charge >= 0.3 is 6.09 Å². The highest BCUT2D eigenvalue weighted by atomic mass is 16.6. The predicted octanol–water partition coefficient (Wildman–Crippen LogP) is 3.23. The second kappa shape index (κ2) is 12.1. The largest absolute Gasteiger partial charge is 0.497 e. The Labute approximate surface area is 195 Å². The number of hydrogen-bond acceptors (Lipinski definition) is 6. The number of amides is 2. The number of hydrogen-bond donors (Lipinski definition) is 1. The lowest BCUT2D eigenvalue weighted by atomic mass is 10.1. The minimum absolute atomic E-state index is 0.0311. The summed E-state index contributed by atoms with van der Waals surface area (Å²) < 4.78 is 16.4. The zero-order valence-electron chi connectivity index (χ0n) is 19.6. The summed E-state index contributed by atoms with van der Waals surface area (Å²) in [5.74, 6) is 1.61. The van der Waals surface area contributed by atoms with Crippen LogP contribution in [-0.4, -0.2) is 68.3 Å². The normalized spacial score (nSPS) is 14.5. The number of nitrogens with zero attached hydrogens (tertiary/aromatic N) is 2. The molecule has 1 fully saturated rings. The number of carbonyl (C=O) groups excluding carboxylic acids is 2. The summed E-state index contributed by atoms with van der Waals surface area (Å²) in [5, 5.41) is 3.51. The van der Waals surface area contributed by atoms with E-state index >= 15 is 0 Å². The van der Waals surface area contributed by atoms with E-state index in [1.165, 1.54) is 6.92 Å². The number of benzene rings is 2. The molecule has 0 aliphatic carbocycles. The number of methoxy groups -OCH3 is 1. The fraction of sp³-hybridized carbons (Fsp3) is 0.440. The molecule has 8 nitrogen and oxygen atoms in total. The van der Waals surface area contributed by atoms with Gasteiger partial charge < -0.3 is 29.3 Å². The summed E-state index contributed by atoms with van der Waals surface area (Å²) in [4.78, 5) is 26.9. The van der Waals surface area contributed by atoms with Crippen molar-refractivity contribution in [3.05, 3.63) is 59.7 Å². The SMILES string of the molecule is COc1cccc([C@H](C)NCc2cccc(OCCOC(=O)N3CCN(C(C)=O)CC3)c2)c1. The van der Waals surface area contributed by atoms with E-state index in [1.807, 2.05) is 42.5 Å². The molecule has 1 N–H and O–H groups in total. The molecule has 1 aliphatic rings. The maximum Gasteiger partial charge on any atom is 0.410 e. The molecule has 0 aromatic heterocycles. The zero-order valence-corrected chi connectivity index (χ0v) is 19.6. The number of carbonyl (C=O) groups is 2. The Morgan fingerprint density at radius 3 is 2.39 bits per heavy atom. The molecule has 0 unspecified atom stereocenters. The van der Waals surface area contributed by atoms with Crippen LogP contribution in [0, 0.1) is 0 Å². The predicted molar refractivity (Wildman–Crippen MR) is 125 cm³/mol. The van der Waals surface area contributed by atoms with Crippen LogP contribution in [0.25, 0.3) is 0 Å². The van der Waals surface area contributed by atoms with Crippen molar-refractivity contribution in [2.75, 3.05) is 46.5 Å². The minimum Gasteiger partial charge on any atom is -0.497 e. The molecule has 1 saturated heterocycles. The van der Waals surface area contributed by atoms with Gasteiger partial charge in [-0.05, 0) is 42.3 Å². The first-order chi connectivity index (χ1) is 16.0. The van der Waals surface area contributed by atoms with Crippen LogP contribution in [0.3, 0.4) is 0 Å². The molecule has 1 aliphatic heterocycles. The van der Waals surface area contributed by atoms with Gasteiger partial charge in [0.1, 0.15) is 24.7 Å². The van der Waals surface area contributed by atoms with Crippen LogP contribution in [0.15, 0.2) is 48.5 Å². The molecule has 2 aromatic carbocycles. The fourth-order valence-corrected chi connectivity index (χ4v) is 3.63. The van der Waals surface area contributed by atoms with Crippen molar-refractivity contribution in [3.63, 3.8) is 0 Å². The van der Waals surface area contributed by atoms with E-state index in [4.69, 9.17) is 14.2 Å². The van der Waals surface area contributed by atoms with Crippen molar-refractivity contribution in [1.82, 2.24) is 15.1 Å². The topological polar surface area (TPSA) is 80.3 Å². The summed E-state index contributed by atoms with van der Waals surface area (Å²) in [6.45, 7) is 6.84. The highest BCUT2D eigenvalue weighted by molar-refractivity contribution is 5.74. The van der Waals surface area contributed by atoms with E-state index in [-0.39, 0.29) is 31.3 Å². The number of nitrogens with one attached hydrogen (secondary N) is 1. The third kappa shape index (κ3) is 7.39. The van der Waals surface area contributed by atoms with Crippen LogP contribution in [-0.2, 0) is 16.1 Å². The van der Waals surface area contributed by atoms with Crippen LogP contribution in [0.4, 0.5) is 4.79 Å². The summed E-state index contributed by atoms with van der Waals surface area (Å²) in [5.41, 5.74) is 2.26.